The van der Waals surface area contributed by atoms with Gasteiger partial charge in [-0.2, -0.15) is 0 Å². The Morgan fingerprint density at radius 1 is 1.44 bits per heavy atom. The molecule has 0 unspecified atom stereocenters. The molecule has 2 rings (SSSR count). The van der Waals surface area contributed by atoms with Gasteiger partial charge in [-0.1, -0.05) is 6.07 Å². The summed E-state index contributed by atoms with van der Waals surface area (Å²) in [7, 11) is 0. The van der Waals surface area contributed by atoms with Crippen LogP contribution in [0.2, 0.25) is 0 Å². The van der Waals surface area contributed by atoms with E-state index in [0.717, 1.165) is 16.1 Å². The molecule has 0 aromatic carbocycles. The van der Waals surface area contributed by atoms with Gasteiger partial charge >= 0.3 is 5.97 Å². The summed E-state index contributed by atoms with van der Waals surface area (Å²) >= 11 is 1.31. The highest BCUT2D eigenvalue weighted by Crippen LogP contribution is 2.21. The minimum atomic E-state index is -0.862. The first kappa shape index (κ1) is 12.7. The van der Waals surface area contributed by atoms with Crippen molar-refractivity contribution < 1.29 is 9.90 Å². The molecule has 94 valence electrons. The standard InChI is InChI=1S/C13H14N2O2S/c1-9-10(6-12(18-9)13(16)17)7-14-8-11-4-2-3-5-15-11/h2-6,14H,7-8H2,1H3,(H,16,17). The normalized spacial score (nSPS) is 10.5. The van der Waals surface area contributed by atoms with E-state index in [2.05, 4.69) is 10.3 Å². The number of nitrogens with zero attached hydrogens (tertiary/aromatic N) is 1. The van der Waals surface area contributed by atoms with E-state index >= 15 is 0 Å². The smallest absolute Gasteiger partial charge is 0.345 e. The van der Waals surface area contributed by atoms with Crippen LogP contribution in [0.1, 0.15) is 25.8 Å². The number of aromatic nitrogens is 1. The summed E-state index contributed by atoms with van der Waals surface area (Å²) < 4.78 is 0. The lowest BCUT2D eigenvalue weighted by atomic mass is 10.2. The predicted octanol–water partition coefficient (Wildman–Crippen LogP) is 2.44. The van der Waals surface area contributed by atoms with Gasteiger partial charge in [0, 0.05) is 24.2 Å². The van der Waals surface area contributed by atoms with E-state index in [-0.39, 0.29) is 0 Å². The number of carbonyl (C=O) groups is 1. The molecule has 0 aliphatic carbocycles. The van der Waals surface area contributed by atoms with Gasteiger partial charge in [0.15, 0.2) is 0 Å². The zero-order valence-electron chi connectivity index (χ0n) is 10.0. The van der Waals surface area contributed by atoms with Crippen LogP contribution in [0.5, 0.6) is 0 Å². The lowest BCUT2D eigenvalue weighted by Gasteiger charge is -2.03. The van der Waals surface area contributed by atoms with E-state index in [0.29, 0.717) is 18.0 Å². The fourth-order valence-electron chi connectivity index (χ4n) is 1.63. The SMILES string of the molecule is Cc1sc(C(=O)O)cc1CNCc1ccccn1. The third-order valence-corrected chi connectivity index (χ3v) is 3.66. The van der Waals surface area contributed by atoms with Crippen molar-refractivity contribution in [2.24, 2.45) is 0 Å². The number of nitrogens with one attached hydrogen (secondary N) is 1. The lowest BCUT2D eigenvalue weighted by molar-refractivity contribution is 0.0702. The van der Waals surface area contributed by atoms with Gasteiger partial charge in [0.25, 0.3) is 0 Å². The third kappa shape index (κ3) is 3.15. The summed E-state index contributed by atoms with van der Waals surface area (Å²) in [5.74, 6) is -0.862. The summed E-state index contributed by atoms with van der Waals surface area (Å²) in [6.07, 6.45) is 1.76. The topological polar surface area (TPSA) is 62.2 Å². The molecule has 4 nitrogen and oxygen atoms in total. The summed E-state index contributed by atoms with van der Waals surface area (Å²) in [6.45, 7) is 3.28. The van der Waals surface area contributed by atoms with Gasteiger partial charge in [-0.15, -0.1) is 11.3 Å². The van der Waals surface area contributed by atoms with Gasteiger partial charge in [-0.3, -0.25) is 4.98 Å². The van der Waals surface area contributed by atoms with E-state index in [9.17, 15) is 4.79 Å². The maximum Gasteiger partial charge on any atom is 0.345 e. The maximum absolute atomic E-state index is 10.8. The molecule has 5 heteroatoms. The zero-order valence-corrected chi connectivity index (χ0v) is 10.8. The Bertz CT molecular complexity index is 537. The molecule has 0 radical (unpaired) electrons. The van der Waals surface area contributed by atoms with E-state index in [1.807, 2.05) is 25.1 Å². The molecule has 0 aliphatic rings. The number of carboxylic acids is 1. The minimum absolute atomic E-state index is 0.391. The Balaban J connectivity index is 1.92. The fraction of sp³-hybridized carbons (Fsp3) is 0.231. The molecule has 2 heterocycles. The molecule has 0 amide bonds. The Kier molecular flexibility index (Phi) is 4.07. The van der Waals surface area contributed by atoms with Gasteiger partial charge in [0.05, 0.1) is 5.69 Å². The number of hydrogen-bond acceptors (Lipinski definition) is 4. The molecule has 2 N–H and O–H groups in total. The largest absolute Gasteiger partial charge is 0.477 e. The molecular formula is C13H14N2O2S. The van der Waals surface area contributed by atoms with Crippen LogP contribution in [0.25, 0.3) is 0 Å². The van der Waals surface area contributed by atoms with Crippen LogP contribution in [0.3, 0.4) is 0 Å². The molecule has 0 fully saturated rings. The Labute approximate surface area is 109 Å². The average molecular weight is 262 g/mol. The first-order valence-electron chi connectivity index (χ1n) is 5.60. The molecule has 2 aromatic rings. The highest BCUT2D eigenvalue weighted by Gasteiger charge is 2.10. The van der Waals surface area contributed by atoms with Crippen molar-refractivity contribution in [2.45, 2.75) is 20.0 Å². The third-order valence-electron chi connectivity index (χ3n) is 2.58. The second-order valence-corrected chi connectivity index (χ2v) is 5.18. The zero-order chi connectivity index (χ0) is 13.0. The van der Waals surface area contributed by atoms with Crippen LogP contribution in [-0.2, 0) is 13.1 Å². The van der Waals surface area contributed by atoms with Crippen molar-refractivity contribution in [2.75, 3.05) is 0 Å². The predicted molar refractivity (Wildman–Crippen MR) is 70.8 cm³/mol. The van der Waals surface area contributed by atoms with Crippen molar-refractivity contribution >= 4 is 17.3 Å². The summed E-state index contributed by atoms with van der Waals surface area (Å²) in [4.78, 5) is 16.5. The van der Waals surface area contributed by atoms with E-state index < -0.39 is 5.97 Å². The second kappa shape index (κ2) is 5.75. The molecule has 0 atom stereocenters. The molecule has 0 saturated carbocycles. The molecule has 0 aliphatic heterocycles. The average Bonchev–Trinajstić information content (AvgIpc) is 2.73. The summed E-state index contributed by atoms with van der Waals surface area (Å²) in [6, 6.07) is 7.51. The Hall–Kier alpha value is -1.72. The van der Waals surface area contributed by atoms with E-state index in [4.69, 9.17) is 5.11 Å². The van der Waals surface area contributed by atoms with Gasteiger partial charge in [-0.05, 0) is 30.7 Å². The highest BCUT2D eigenvalue weighted by molar-refractivity contribution is 7.14. The van der Waals surface area contributed by atoms with Crippen LogP contribution in [0.4, 0.5) is 0 Å². The number of pyridine rings is 1. The first-order valence-corrected chi connectivity index (χ1v) is 6.41. The van der Waals surface area contributed by atoms with Crippen molar-refractivity contribution in [1.82, 2.24) is 10.3 Å². The number of aryl methyl sites for hydroxylation is 1. The quantitative estimate of drug-likeness (QED) is 0.868. The van der Waals surface area contributed by atoms with Crippen LogP contribution >= 0.6 is 11.3 Å². The van der Waals surface area contributed by atoms with Gasteiger partial charge in [-0.25, -0.2) is 4.79 Å². The molecule has 0 bridgehead atoms. The second-order valence-electron chi connectivity index (χ2n) is 3.92. The molecule has 18 heavy (non-hydrogen) atoms. The van der Waals surface area contributed by atoms with E-state index in [1.54, 1.807) is 12.3 Å². The first-order chi connectivity index (χ1) is 8.66. The minimum Gasteiger partial charge on any atom is -0.477 e. The molecular weight excluding hydrogens is 248 g/mol. The van der Waals surface area contributed by atoms with E-state index in [1.165, 1.54) is 11.3 Å². The number of rotatable bonds is 5. The summed E-state index contributed by atoms with van der Waals surface area (Å²) in [5.41, 5.74) is 2.01. The number of thiophene rings is 1. The molecule has 0 spiro atoms. The number of aromatic carboxylic acids is 1. The Morgan fingerprint density at radius 3 is 2.89 bits per heavy atom. The maximum atomic E-state index is 10.8. The highest BCUT2D eigenvalue weighted by atomic mass is 32.1. The molecule has 0 saturated heterocycles. The van der Waals surface area contributed by atoms with Crippen LogP contribution in [-0.4, -0.2) is 16.1 Å². The lowest BCUT2D eigenvalue weighted by Crippen LogP contribution is -2.13. The van der Waals surface area contributed by atoms with Gasteiger partial charge in [0.1, 0.15) is 4.88 Å². The van der Waals surface area contributed by atoms with Crippen LogP contribution < -0.4 is 5.32 Å². The van der Waals surface area contributed by atoms with Gasteiger partial charge in [0.2, 0.25) is 0 Å². The van der Waals surface area contributed by atoms with Crippen molar-refractivity contribution in [3.8, 4) is 0 Å². The van der Waals surface area contributed by atoms with Crippen LogP contribution in [0, 0.1) is 6.92 Å². The summed E-state index contributed by atoms with van der Waals surface area (Å²) in [5, 5.41) is 12.2. The fourth-order valence-corrected chi connectivity index (χ4v) is 2.51. The van der Waals surface area contributed by atoms with Crippen LogP contribution in [0.15, 0.2) is 30.5 Å². The number of carboxylic acid groups (broad SMARTS) is 1. The number of hydrogen-bond donors (Lipinski definition) is 2. The molecule has 2 aromatic heterocycles. The monoisotopic (exact) mass is 262 g/mol. The van der Waals surface area contributed by atoms with Crippen molar-refractivity contribution in [3.63, 3.8) is 0 Å². The van der Waals surface area contributed by atoms with Crippen molar-refractivity contribution in [3.05, 3.63) is 51.5 Å². The van der Waals surface area contributed by atoms with Gasteiger partial charge < -0.3 is 10.4 Å². The Morgan fingerprint density at radius 2 is 2.28 bits per heavy atom. The van der Waals surface area contributed by atoms with Crippen molar-refractivity contribution in [1.29, 1.82) is 0 Å².